The summed E-state index contributed by atoms with van der Waals surface area (Å²) in [4.78, 5) is 0. The molecule has 54 valence electrons. The summed E-state index contributed by atoms with van der Waals surface area (Å²) in [5, 5.41) is 6.30. The molecular weight excluding hydrogens is 114 g/mol. The van der Waals surface area contributed by atoms with Gasteiger partial charge in [0.15, 0.2) is 0 Å². The van der Waals surface area contributed by atoms with Gasteiger partial charge in [0.25, 0.3) is 0 Å². The van der Waals surface area contributed by atoms with E-state index >= 15 is 0 Å². The monoisotopic (exact) mass is 129 g/mol. The molecule has 3 heteroatoms. The summed E-state index contributed by atoms with van der Waals surface area (Å²) in [6, 6.07) is 0. The summed E-state index contributed by atoms with van der Waals surface area (Å²) < 4.78 is 0. The van der Waals surface area contributed by atoms with Crippen LogP contribution < -0.4 is 16.4 Å². The topological polar surface area (TPSA) is 50.1 Å². The zero-order valence-corrected chi connectivity index (χ0v) is 5.69. The van der Waals surface area contributed by atoms with Gasteiger partial charge in [0.2, 0.25) is 0 Å². The average Bonchev–Trinajstić information content (AvgIpc) is 1.79. The molecule has 0 atom stereocenters. The van der Waals surface area contributed by atoms with Crippen LogP contribution in [0, 0.1) is 0 Å². The predicted octanol–water partition coefficient (Wildman–Crippen LogP) is -0.408. The summed E-state index contributed by atoms with van der Waals surface area (Å²) in [7, 11) is 0. The zero-order valence-electron chi connectivity index (χ0n) is 5.69. The van der Waals surface area contributed by atoms with E-state index in [2.05, 4.69) is 10.6 Å². The van der Waals surface area contributed by atoms with Crippen molar-refractivity contribution in [3.8, 4) is 0 Å². The fraction of sp³-hybridized carbons (Fsp3) is 1.00. The maximum Gasteiger partial charge on any atom is 0.109 e. The molecule has 9 heavy (non-hydrogen) atoms. The van der Waals surface area contributed by atoms with Gasteiger partial charge >= 0.3 is 0 Å². The molecule has 0 amide bonds. The molecule has 1 rings (SSSR count). The standard InChI is InChI=1S/C6H15N3/c7-6-8-4-2-1-3-5-9-6/h6,8-9H,1-5,7H2. The van der Waals surface area contributed by atoms with Crippen LogP contribution in [0.3, 0.4) is 0 Å². The maximum absolute atomic E-state index is 5.58. The van der Waals surface area contributed by atoms with E-state index in [1.54, 1.807) is 0 Å². The van der Waals surface area contributed by atoms with Crippen molar-refractivity contribution in [3.63, 3.8) is 0 Å². The van der Waals surface area contributed by atoms with Gasteiger partial charge in [-0.05, 0) is 25.9 Å². The Bertz CT molecular complexity index is 66.7. The molecule has 0 aliphatic carbocycles. The zero-order chi connectivity index (χ0) is 6.53. The third-order valence-electron chi connectivity index (χ3n) is 1.58. The van der Waals surface area contributed by atoms with E-state index in [9.17, 15) is 0 Å². The van der Waals surface area contributed by atoms with Crippen LogP contribution in [0.5, 0.6) is 0 Å². The minimum atomic E-state index is 0.0188. The molecule has 4 N–H and O–H groups in total. The Labute approximate surface area is 56.0 Å². The molecule has 0 saturated carbocycles. The SMILES string of the molecule is NC1NCCCCCN1. The second-order valence-electron chi connectivity index (χ2n) is 2.45. The Kier molecular flexibility index (Phi) is 2.97. The van der Waals surface area contributed by atoms with E-state index in [1.807, 2.05) is 0 Å². The molecule has 0 bridgehead atoms. The molecule has 0 aromatic carbocycles. The molecule has 0 aromatic rings. The van der Waals surface area contributed by atoms with Gasteiger partial charge in [-0.15, -0.1) is 0 Å². The first-order chi connectivity index (χ1) is 4.39. The van der Waals surface area contributed by atoms with E-state index in [1.165, 1.54) is 19.3 Å². The highest BCUT2D eigenvalue weighted by Crippen LogP contribution is 1.94. The van der Waals surface area contributed by atoms with Gasteiger partial charge in [0.05, 0.1) is 0 Å². The highest BCUT2D eigenvalue weighted by molar-refractivity contribution is 4.60. The lowest BCUT2D eigenvalue weighted by Gasteiger charge is -2.18. The first kappa shape index (κ1) is 6.99. The minimum absolute atomic E-state index is 0.0188. The fourth-order valence-corrected chi connectivity index (χ4v) is 1.01. The van der Waals surface area contributed by atoms with Crippen LogP contribution in [0.2, 0.25) is 0 Å². The van der Waals surface area contributed by atoms with Crippen molar-refractivity contribution in [2.75, 3.05) is 13.1 Å². The molecule has 0 aromatic heterocycles. The lowest BCUT2D eigenvalue weighted by Crippen LogP contribution is -2.50. The Morgan fingerprint density at radius 3 is 2.11 bits per heavy atom. The van der Waals surface area contributed by atoms with Crippen molar-refractivity contribution in [3.05, 3.63) is 0 Å². The van der Waals surface area contributed by atoms with Gasteiger partial charge in [-0.1, -0.05) is 6.42 Å². The summed E-state index contributed by atoms with van der Waals surface area (Å²) in [6.07, 6.45) is 3.85. The minimum Gasteiger partial charge on any atom is -0.304 e. The molecule has 1 heterocycles. The molecule has 1 aliphatic heterocycles. The molecule has 1 aliphatic rings. The van der Waals surface area contributed by atoms with Gasteiger partial charge in [0.1, 0.15) is 6.29 Å². The van der Waals surface area contributed by atoms with Crippen molar-refractivity contribution in [2.24, 2.45) is 5.73 Å². The first-order valence-electron chi connectivity index (χ1n) is 3.62. The normalized spacial score (nSPS) is 25.0. The van der Waals surface area contributed by atoms with Crippen LogP contribution in [0.25, 0.3) is 0 Å². The van der Waals surface area contributed by atoms with Crippen LogP contribution >= 0.6 is 0 Å². The molecule has 1 fully saturated rings. The Morgan fingerprint density at radius 1 is 1.00 bits per heavy atom. The van der Waals surface area contributed by atoms with E-state index in [0.717, 1.165) is 13.1 Å². The van der Waals surface area contributed by atoms with Crippen LogP contribution in [-0.2, 0) is 0 Å². The van der Waals surface area contributed by atoms with Gasteiger partial charge in [-0.2, -0.15) is 0 Å². The van der Waals surface area contributed by atoms with E-state index in [0.29, 0.717) is 0 Å². The summed E-state index contributed by atoms with van der Waals surface area (Å²) in [6.45, 7) is 2.10. The Morgan fingerprint density at radius 2 is 1.56 bits per heavy atom. The molecule has 0 radical (unpaired) electrons. The number of hydrogen-bond donors (Lipinski definition) is 3. The molecule has 1 saturated heterocycles. The van der Waals surface area contributed by atoms with Crippen LogP contribution in [-0.4, -0.2) is 19.4 Å². The summed E-state index contributed by atoms with van der Waals surface area (Å²) in [5.74, 6) is 0. The summed E-state index contributed by atoms with van der Waals surface area (Å²) in [5.41, 5.74) is 5.58. The summed E-state index contributed by atoms with van der Waals surface area (Å²) >= 11 is 0. The highest BCUT2D eigenvalue weighted by Gasteiger charge is 2.01. The smallest absolute Gasteiger partial charge is 0.109 e. The van der Waals surface area contributed by atoms with Crippen molar-refractivity contribution < 1.29 is 0 Å². The van der Waals surface area contributed by atoms with Crippen molar-refractivity contribution in [1.82, 2.24) is 10.6 Å². The first-order valence-corrected chi connectivity index (χ1v) is 3.62. The van der Waals surface area contributed by atoms with Gasteiger partial charge in [-0.25, -0.2) is 0 Å². The molecule has 0 spiro atoms. The van der Waals surface area contributed by atoms with Crippen LogP contribution in [0.4, 0.5) is 0 Å². The predicted molar refractivity (Wildman–Crippen MR) is 37.8 cm³/mol. The van der Waals surface area contributed by atoms with Crippen molar-refractivity contribution in [1.29, 1.82) is 0 Å². The number of hydrogen-bond acceptors (Lipinski definition) is 3. The quantitative estimate of drug-likeness (QED) is 0.417. The number of nitrogens with two attached hydrogens (primary N) is 1. The fourth-order valence-electron chi connectivity index (χ4n) is 1.01. The van der Waals surface area contributed by atoms with Gasteiger partial charge in [0, 0.05) is 0 Å². The number of nitrogens with one attached hydrogen (secondary N) is 2. The van der Waals surface area contributed by atoms with Crippen LogP contribution in [0.15, 0.2) is 0 Å². The van der Waals surface area contributed by atoms with Gasteiger partial charge < -0.3 is 5.73 Å². The molecule has 3 nitrogen and oxygen atoms in total. The second-order valence-corrected chi connectivity index (χ2v) is 2.45. The molecular formula is C6H15N3. The highest BCUT2D eigenvalue weighted by atomic mass is 15.2. The molecule has 0 unspecified atom stereocenters. The average molecular weight is 129 g/mol. The van der Waals surface area contributed by atoms with E-state index < -0.39 is 0 Å². The van der Waals surface area contributed by atoms with Crippen LogP contribution in [0.1, 0.15) is 19.3 Å². The lowest BCUT2D eigenvalue weighted by atomic mass is 10.2. The van der Waals surface area contributed by atoms with Crippen molar-refractivity contribution >= 4 is 0 Å². The van der Waals surface area contributed by atoms with E-state index in [4.69, 9.17) is 5.73 Å². The maximum atomic E-state index is 5.58. The second kappa shape index (κ2) is 3.82. The third-order valence-corrected chi connectivity index (χ3v) is 1.58. The Balaban J connectivity index is 2.12. The van der Waals surface area contributed by atoms with Gasteiger partial charge in [-0.3, -0.25) is 10.6 Å². The largest absolute Gasteiger partial charge is 0.304 e. The van der Waals surface area contributed by atoms with E-state index in [-0.39, 0.29) is 6.29 Å². The third kappa shape index (κ3) is 2.79. The van der Waals surface area contributed by atoms with Crippen molar-refractivity contribution in [2.45, 2.75) is 25.6 Å². The lowest BCUT2D eigenvalue weighted by molar-refractivity contribution is 0.396. The Hall–Kier alpha value is -0.120. The number of rotatable bonds is 0.